The van der Waals surface area contributed by atoms with Crippen molar-refractivity contribution in [1.82, 2.24) is 19.4 Å². The topological polar surface area (TPSA) is 61.1 Å². The van der Waals surface area contributed by atoms with Gasteiger partial charge in [-0.15, -0.1) is 11.6 Å². The number of hydrogen-bond donors (Lipinski definition) is 1. The van der Waals surface area contributed by atoms with Crippen molar-refractivity contribution in [2.45, 2.75) is 30.8 Å². The summed E-state index contributed by atoms with van der Waals surface area (Å²) in [7, 11) is 2.01. The van der Waals surface area contributed by atoms with E-state index in [-0.39, 0.29) is 11.6 Å². The molecule has 1 aliphatic carbocycles. The highest BCUT2D eigenvalue weighted by Crippen LogP contribution is 2.43. The van der Waals surface area contributed by atoms with Crippen molar-refractivity contribution in [3.05, 3.63) is 117 Å². The first-order valence-electron chi connectivity index (χ1n) is 14.0. The van der Waals surface area contributed by atoms with Crippen LogP contribution in [-0.2, 0) is 19.0 Å². The molecule has 1 N–H and O–H groups in total. The number of nitrogens with one attached hydrogen (secondary N) is 1. The van der Waals surface area contributed by atoms with E-state index in [0.29, 0.717) is 30.5 Å². The fourth-order valence-electron chi connectivity index (χ4n) is 6.28. The molecule has 6 nitrogen and oxygen atoms in total. The standard InChI is InChI=1S/C33H30Cl2N4O2/c1-38-20-36-19-31(38)33(37-13-12-34)23-5-9-29(35)22(15-23)11-14-41-26-4-2-3-21(16-26)27-18-32(40)39(25-7-8-25)30-10-6-24(33)17-28(27)30/h2-6,9-10,15-20,25,37H,7-8,11-14H2,1H3. The normalized spacial score (nSPS) is 18.3. The number of hydrogen-bond acceptors (Lipinski definition) is 4. The highest BCUT2D eigenvalue weighted by atomic mass is 35.5. The van der Waals surface area contributed by atoms with Gasteiger partial charge in [-0.2, -0.15) is 0 Å². The Labute approximate surface area is 248 Å². The summed E-state index contributed by atoms with van der Waals surface area (Å²) in [6, 6.07) is 22.7. The van der Waals surface area contributed by atoms with Gasteiger partial charge < -0.3 is 13.9 Å². The molecule has 7 rings (SSSR count). The summed E-state index contributed by atoms with van der Waals surface area (Å²) < 4.78 is 10.2. The summed E-state index contributed by atoms with van der Waals surface area (Å²) in [5.74, 6) is 1.19. The second kappa shape index (κ2) is 10.4. The molecule has 1 unspecified atom stereocenters. The van der Waals surface area contributed by atoms with E-state index in [2.05, 4.69) is 40.6 Å². The third-order valence-corrected chi connectivity index (χ3v) is 8.90. The molecule has 8 heteroatoms. The monoisotopic (exact) mass is 584 g/mol. The van der Waals surface area contributed by atoms with Crippen molar-refractivity contribution in [2.75, 3.05) is 19.0 Å². The summed E-state index contributed by atoms with van der Waals surface area (Å²) in [6.07, 6.45) is 6.39. The van der Waals surface area contributed by atoms with Crippen LogP contribution in [0.25, 0.3) is 22.0 Å². The van der Waals surface area contributed by atoms with E-state index in [1.54, 1.807) is 6.07 Å². The highest BCUT2D eigenvalue weighted by molar-refractivity contribution is 6.31. The molecule has 41 heavy (non-hydrogen) atoms. The van der Waals surface area contributed by atoms with Crippen molar-refractivity contribution in [3.8, 4) is 16.9 Å². The summed E-state index contributed by atoms with van der Waals surface area (Å²) in [5.41, 5.74) is 6.02. The minimum Gasteiger partial charge on any atom is -0.493 e. The first-order chi connectivity index (χ1) is 20.0. The average Bonchev–Trinajstić information content (AvgIpc) is 3.73. The molecular weight excluding hydrogens is 555 g/mol. The van der Waals surface area contributed by atoms with E-state index in [0.717, 1.165) is 63.0 Å². The van der Waals surface area contributed by atoms with Gasteiger partial charge in [0.2, 0.25) is 0 Å². The molecule has 2 aromatic heterocycles. The molecule has 1 fully saturated rings. The summed E-state index contributed by atoms with van der Waals surface area (Å²) in [5, 5.41) is 5.52. The Balaban J connectivity index is 1.61. The third-order valence-electron chi connectivity index (χ3n) is 8.35. The van der Waals surface area contributed by atoms with Gasteiger partial charge in [0.25, 0.3) is 5.56 Å². The van der Waals surface area contributed by atoms with E-state index >= 15 is 0 Å². The van der Waals surface area contributed by atoms with Crippen molar-refractivity contribution >= 4 is 34.1 Å². The van der Waals surface area contributed by atoms with Crippen LogP contribution in [-0.4, -0.2) is 33.1 Å². The van der Waals surface area contributed by atoms with Gasteiger partial charge in [-0.25, -0.2) is 4.98 Å². The zero-order valence-electron chi connectivity index (χ0n) is 22.7. The number of fused-ring (bicyclic) bond motifs is 6. The molecule has 0 spiro atoms. The Morgan fingerprint density at radius 3 is 2.68 bits per heavy atom. The van der Waals surface area contributed by atoms with Crippen molar-refractivity contribution in [3.63, 3.8) is 0 Å². The van der Waals surface area contributed by atoms with Gasteiger partial charge in [0.1, 0.15) is 11.3 Å². The number of benzene rings is 3. The molecule has 1 aliphatic heterocycles. The van der Waals surface area contributed by atoms with Crippen molar-refractivity contribution < 1.29 is 4.74 Å². The summed E-state index contributed by atoms with van der Waals surface area (Å²) >= 11 is 13.1. The lowest BCUT2D eigenvalue weighted by Crippen LogP contribution is -2.46. The van der Waals surface area contributed by atoms with E-state index in [1.165, 1.54) is 0 Å². The Morgan fingerprint density at radius 1 is 1.07 bits per heavy atom. The van der Waals surface area contributed by atoms with Gasteiger partial charge in [-0.1, -0.05) is 41.9 Å². The third kappa shape index (κ3) is 4.45. The molecule has 0 radical (unpaired) electrons. The van der Waals surface area contributed by atoms with Gasteiger partial charge in [0.05, 0.1) is 30.3 Å². The summed E-state index contributed by atoms with van der Waals surface area (Å²) in [4.78, 5) is 18.0. The molecule has 1 atom stereocenters. The van der Waals surface area contributed by atoms with Crippen LogP contribution >= 0.6 is 23.2 Å². The quantitative estimate of drug-likeness (QED) is 0.241. The van der Waals surface area contributed by atoms with Crippen molar-refractivity contribution in [2.24, 2.45) is 7.05 Å². The molecule has 5 aromatic rings. The molecule has 1 saturated carbocycles. The van der Waals surface area contributed by atoms with Crippen LogP contribution in [0.5, 0.6) is 5.75 Å². The Bertz CT molecular complexity index is 1840. The highest BCUT2D eigenvalue weighted by Gasteiger charge is 2.39. The number of imidazole rings is 1. The van der Waals surface area contributed by atoms with E-state index in [4.69, 9.17) is 27.9 Å². The number of aryl methyl sites for hydroxylation is 1. The second-order valence-electron chi connectivity index (χ2n) is 10.9. The van der Waals surface area contributed by atoms with Crippen LogP contribution in [0.3, 0.4) is 0 Å². The minimum atomic E-state index is -0.793. The largest absolute Gasteiger partial charge is 0.493 e. The molecule has 0 amide bonds. The SMILES string of the molecule is Cn1cncc1C1(NCCCl)c2ccc(Cl)c(c2)CCOc2cccc(c2)-c2cc(=O)n(C3CC3)c3ccc1cc23. The smallest absolute Gasteiger partial charge is 0.251 e. The number of aromatic nitrogens is 3. The van der Waals surface area contributed by atoms with Crippen LogP contribution in [0.2, 0.25) is 5.02 Å². The number of rotatable bonds is 5. The lowest BCUT2D eigenvalue weighted by atomic mass is 9.78. The van der Waals surface area contributed by atoms with E-state index < -0.39 is 5.54 Å². The number of alkyl halides is 1. The Hall–Kier alpha value is -3.58. The van der Waals surface area contributed by atoms with Gasteiger partial charge in [-0.3, -0.25) is 10.1 Å². The number of pyridine rings is 1. The van der Waals surface area contributed by atoms with Gasteiger partial charge in [-0.05, 0) is 71.0 Å². The van der Waals surface area contributed by atoms with E-state index in [1.807, 2.05) is 59.0 Å². The maximum absolute atomic E-state index is 13.5. The lowest BCUT2D eigenvalue weighted by Gasteiger charge is -2.37. The zero-order chi connectivity index (χ0) is 28.1. The minimum absolute atomic E-state index is 0.0238. The van der Waals surface area contributed by atoms with Crippen LogP contribution in [0.4, 0.5) is 0 Å². The maximum Gasteiger partial charge on any atom is 0.251 e. The van der Waals surface area contributed by atoms with E-state index in [9.17, 15) is 4.79 Å². The molecule has 0 saturated heterocycles. The molecule has 2 aliphatic rings. The number of ether oxygens (including phenoxy) is 1. The van der Waals surface area contributed by atoms with Crippen LogP contribution in [0.15, 0.2) is 84.0 Å². The fourth-order valence-corrected chi connectivity index (χ4v) is 6.58. The lowest BCUT2D eigenvalue weighted by molar-refractivity contribution is 0.322. The fraction of sp³-hybridized carbons (Fsp3) is 0.273. The van der Waals surface area contributed by atoms with Crippen LogP contribution < -0.4 is 15.6 Å². The Morgan fingerprint density at radius 2 is 1.90 bits per heavy atom. The molecule has 3 aromatic carbocycles. The molecule has 208 valence electrons. The predicted octanol–water partition coefficient (Wildman–Crippen LogP) is 6.45. The molecule has 3 heterocycles. The number of nitrogens with zero attached hydrogens (tertiary/aromatic N) is 3. The molecular formula is C33H30Cl2N4O2. The van der Waals surface area contributed by atoms with Crippen molar-refractivity contribution in [1.29, 1.82) is 0 Å². The maximum atomic E-state index is 13.5. The van der Waals surface area contributed by atoms with Gasteiger partial charge in [0, 0.05) is 48.4 Å². The first kappa shape index (κ1) is 26.3. The van der Waals surface area contributed by atoms with Crippen LogP contribution in [0.1, 0.15) is 41.3 Å². The number of halogens is 2. The van der Waals surface area contributed by atoms with Crippen LogP contribution in [0, 0.1) is 0 Å². The Kier molecular flexibility index (Phi) is 6.65. The second-order valence-corrected chi connectivity index (χ2v) is 11.7. The average molecular weight is 586 g/mol. The zero-order valence-corrected chi connectivity index (χ0v) is 24.3. The predicted molar refractivity (Wildman–Crippen MR) is 164 cm³/mol. The van der Waals surface area contributed by atoms with Gasteiger partial charge >= 0.3 is 0 Å². The summed E-state index contributed by atoms with van der Waals surface area (Å²) in [6.45, 7) is 1.02. The molecule has 6 bridgehead atoms. The van der Waals surface area contributed by atoms with Gasteiger partial charge in [0.15, 0.2) is 0 Å². The first-order valence-corrected chi connectivity index (χ1v) is 14.9.